The Labute approximate surface area is 158 Å². The van der Waals surface area contributed by atoms with E-state index in [1.807, 2.05) is 0 Å². The van der Waals surface area contributed by atoms with Crippen LogP contribution in [0.15, 0.2) is 48.9 Å². The van der Waals surface area contributed by atoms with Crippen molar-refractivity contribution in [2.24, 2.45) is 0 Å². The molecule has 10 heteroatoms. The fraction of sp³-hybridized carbons (Fsp3) is 0. The summed E-state index contributed by atoms with van der Waals surface area (Å²) in [7, 11) is 0. The Morgan fingerprint density at radius 1 is 1.00 bits per heavy atom. The summed E-state index contributed by atoms with van der Waals surface area (Å²) in [5, 5.41) is 3.72. The minimum absolute atomic E-state index is 0.185. The predicted octanol–water partition coefficient (Wildman–Crippen LogP) is 3.26. The monoisotopic (exact) mass is 389 g/mol. The Hall–Kier alpha value is -3.10. The highest BCUT2D eigenvalue weighted by atomic mass is 35.5. The molecule has 0 aliphatic rings. The first-order valence-corrected chi connectivity index (χ1v) is 8.10. The third-order valence-electron chi connectivity index (χ3n) is 3.28. The number of amides is 1. The van der Waals surface area contributed by atoms with E-state index in [9.17, 15) is 4.79 Å². The minimum atomic E-state index is -0.434. The molecule has 2 aromatic heterocycles. The summed E-state index contributed by atoms with van der Waals surface area (Å²) in [5.74, 6) is 0.0830. The van der Waals surface area contributed by atoms with Gasteiger partial charge >= 0.3 is 0 Å². The highest BCUT2D eigenvalue weighted by Crippen LogP contribution is 2.33. The second-order valence-corrected chi connectivity index (χ2v) is 5.79. The molecule has 1 aromatic carbocycles. The summed E-state index contributed by atoms with van der Waals surface area (Å²) < 4.78 is 0. The van der Waals surface area contributed by atoms with Crippen molar-refractivity contribution >= 4 is 52.1 Å². The van der Waals surface area contributed by atoms with E-state index in [0.717, 1.165) is 0 Å². The molecule has 1 amide bonds. The SMILES string of the molecule is Nc1c(NNC(=O)c2ccccn2)ncnc1Nc1cccc(Cl)c1Cl. The van der Waals surface area contributed by atoms with Crippen LogP contribution in [0.3, 0.4) is 0 Å². The number of hydrogen-bond acceptors (Lipinski definition) is 7. The van der Waals surface area contributed by atoms with Crippen LogP contribution in [0.25, 0.3) is 0 Å². The van der Waals surface area contributed by atoms with E-state index in [0.29, 0.717) is 21.6 Å². The fourth-order valence-electron chi connectivity index (χ4n) is 2.00. The van der Waals surface area contributed by atoms with Gasteiger partial charge in [-0.15, -0.1) is 0 Å². The van der Waals surface area contributed by atoms with Crippen LogP contribution in [0.4, 0.5) is 23.0 Å². The number of anilines is 4. The fourth-order valence-corrected chi connectivity index (χ4v) is 2.35. The Morgan fingerprint density at radius 3 is 2.58 bits per heavy atom. The van der Waals surface area contributed by atoms with Gasteiger partial charge in [0.1, 0.15) is 17.7 Å². The number of rotatable bonds is 5. The van der Waals surface area contributed by atoms with Crippen LogP contribution in [-0.2, 0) is 0 Å². The van der Waals surface area contributed by atoms with E-state index >= 15 is 0 Å². The zero-order valence-electron chi connectivity index (χ0n) is 13.2. The van der Waals surface area contributed by atoms with E-state index in [-0.39, 0.29) is 17.2 Å². The van der Waals surface area contributed by atoms with E-state index < -0.39 is 5.91 Å². The zero-order valence-corrected chi connectivity index (χ0v) is 14.7. The van der Waals surface area contributed by atoms with Gasteiger partial charge in [-0.3, -0.25) is 20.6 Å². The largest absolute Gasteiger partial charge is 0.393 e. The third-order valence-corrected chi connectivity index (χ3v) is 4.10. The van der Waals surface area contributed by atoms with Gasteiger partial charge < -0.3 is 11.1 Å². The molecule has 0 saturated heterocycles. The molecule has 0 unspecified atom stereocenters. The Bertz CT molecular complexity index is 937. The molecule has 0 spiro atoms. The first-order chi connectivity index (χ1) is 12.6. The summed E-state index contributed by atoms with van der Waals surface area (Å²) in [5.41, 5.74) is 12.1. The molecule has 2 heterocycles. The molecule has 8 nitrogen and oxygen atoms in total. The predicted molar refractivity (Wildman–Crippen MR) is 102 cm³/mol. The lowest BCUT2D eigenvalue weighted by atomic mass is 10.3. The molecule has 5 N–H and O–H groups in total. The lowest BCUT2D eigenvalue weighted by molar-refractivity contribution is 0.0957. The Balaban J connectivity index is 1.75. The van der Waals surface area contributed by atoms with Crippen LogP contribution in [0.5, 0.6) is 0 Å². The second-order valence-electron chi connectivity index (χ2n) is 5.01. The van der Waals surface area contributed by atoms with Gasteiger partial charge in [0, 0.05) is 6.20 Å². The van der Waals surface area contributed by atoms with Crippen molar-refractivity contribution in [3.05, 3.63) is 64.7 Å². The molecule has 0 radical (unpaired) electrons. The number of pyridine rings is 1. The number of hydrazine groups is 1. The molecule has 0 fully saturated rings. The average molecular weight is 390 g/mol. The van der Waals surface area contributed by atoms with Crippen LogP contribution in [0, 0.1) is 0 Å². The number of nitrogens with two attached hydrogens (primary N) is 1. The average Bonchev–Trinajstić information content (AvgIpc) is 2.66. The van der Waals surface area contributed by atoms with Crippen LogP contribution in [-0.4, -0.2) is 20.9 Å². The van der Waals surface area contributed by atoms with Gasteiger partial charge in [0.15, 0.2) is 11.6 Å². The molecule has 132 valence electrons. The van der Waals surface area contributed by atoms with Crippen molar-refractivity contribution in [2.45, 2.75) is 0 Å². The highest BCUT2D eigenvalue weighted by molar-refractivity contribution is 6.43. The van der Waals surface area contributed by atoms with Crippen LogP contribution in [0.2, 0.25) is 10.0 Å². The maximum atomic E-state index is 12.0. The molecule has 0 bridgehead atoms. The van der Waals surface area contributed by atoms with Crippen molar-refractivity contribution < 1.29 is 4.79 Å². The van der Waals surface area contributed by atoms with Crippen molar-refractivity contribution in [1.29, 1.82) is 0 Å². The van der Waals surface area contributed by atoms with Crippen LogP contribution in [0.1, 0.15) is 10.5 Å². The van der Waals surface area contributed by atoms with Gasteiger partial charge in [0.05, 0.1) is 15.7 Å². The Morgan fingerprint density at radius 2 is 1.81 bits per heavy atom. The number of nitrogens with zero attached hydrogens (tertiary/aromatic N) is 3. The summed E-state index contributed by atoms with van der Waals surface area (Å²) >= 11 is 12.1. The van der Waals surface area contributed by atoms with E-state index in [1.165, 1.54) is 12.5 Å². The van der Waals surface area contributed by atoms with E-state index in [2.05, 4.69) is 31.1 Å². The molecule has 3 aromatic rings. The zero-order chi connectivity index (χ0) is 18.5. The molecule has 0 aliphatic heterocycles. The minimum Gasteiger partial charge on any atom is -0.393 e. The maximum Gasteiger partial charge on any atom is 0.288 e. The number of nitrogens with one attached hydrogen (secondary N) is 3. The van der Waals surface area contributed by atoms with E-state index in [1.54, 1.807) is 36.4 Å². The molecule has 0 saturated carbocycles. The van der Waals surface area contributed by atoms with Crippen molar-refractivity contribution in [3.63, 3.8) is 0 Å². The van der Waals surface area contributed by atoms with Crippen LogP contribution >= 0.6 is 23.2 Å². The first-order valence-electron chi connectivity index (χ1n) is 7.35. The Kier molecular flexibility index (Phi) is 5.35. The van der Waals surface area contributed by atoms with Gasteiger partial charge in [-0.2, -0.15) is 0 Å². The number of halogens is 2. The summed E-state index contributed by atoms with van der Waals surface area (Å²) in [4.78, 5) is 24.0. The lowest BCUT2D eigenvalue weighted by Gasteiger charge is -2.14. The normalized spacial score (nSPS) is 10.2. The van der Waals surface area contributed by atoms with E-state index in [4.69, 9.17) is 28.9 Å². The number of nitrogen functional groups attached to an aromatic ring is 1. The summed E-state index contributed by atoms with van der Waals surface area (Å²) in [6.45, 7) is 0. The molecular weight excluding hydrogens is 377 g/mol. The first kappa shape index (κ1) is 17.7. The second kappa shape index (κ2) is 7.85. The van der Waals surface area contributed by atoms with Gasteiger partial charge in [-0.05, 0) is 24.3 Å². The van der Waals surface area contributed by atoms with Crippen molar-refractivity contribution in [2.75, 3.05) is 16.5 Å². The number of carbonyl (C=O) groups is 1. The smallest absolute Gasteiger partial charge is 0.288 e. The standard InChI is InChI=1S/C16H13Cl2N7O/c17-9-4-3-6-10(12(9)18)23-14-13(19)15(22-8-21-14)24-25-16(26)11-5-1-2-7-20-11/h1-8H,19H2,(H,25,26)(H2,21,22,23,24). The van der Waals surface area contributed by atoms with Gasteiger partial charge in [0.2, 0.25) is 0 Å². The number of hydrogen-bond donors (Lipinski definition) is 4. The van der Waals surface area contributed by atoms with Gasteiger partial charge in [0.25, 0.3) is 5.91 Å². The maximum absolute atomic E-state index is 12.0. The quantitative estimate of drug-likeness (QED) is 0.494. The number of benzene rings is 1. The topological polar surface area (TPSA) is 118 Å². The van der Waals surface area contributed by atoms with Gasteiger partial charge in [-0.25, -0.2) is 9.97 Å². The number of carbonyl (C=O) groups excluding carboxylic acids is 1. The summed E-state index contributed by atoms with van der Waals surface area (Å²) in [6.07, 6.45) is 2.80. The molecule has 26 heavy (non-hydrogen) atoms. The third kappa shape index (κ3) is 3.93. The van der Waals surface area contributed by atoms with Crippen LogP contribution < -0.4 is 21.9 Å². The number of aromatic nitrogens is 3. The highest BCUT2D eigenvalue weighted by Gasteiger charge is 2.12. The molecule has 3 rings (SSSR count). The molecule has 0 atom stereocenters. The lowest BCUT2D eigenvalue weighted by Crippen LogP contribution is -2.31. The van der Waals surface area contributed by atoms with Crippen molar-refractivity contribution in [3.8, 4) is 0 Å². The molecule has 0 aliphatic carbocycles. The van der Waals surface area contributed by atoms with Crippen molar-refractivity contribution in [1.82, 2.24) is 20.4 Å². The summed E-state index contributed by atoms with van der Waals surface area (Å²) in [6, 6.07) is 10.1. The molecular formula is C16H13Cl2N7O. The van der Waals surface area contributed by atoms with Gasteiger partial charge in [-0.1, -0.05) is 35.3 Å².